The molecule has 4 nitrogen and oxygen atoms in total. The molecule has 0 radical (unpaired) electrons. The van der Waals surface area contributed by atoms with Crippen molar-refractivity contribution in [1.29, 1.82) is 0 Å². The summed E-state index contributed by atoms with van der Waals surface area (Å²) in [6.07, 6.45) is 1.58. The number of primary amides is 1. The molecule has 0 bridgehead atoms. The van der Waals surface area contributed by atoms with Gasteiger partial charge in [0.15, 0.2) is 0 Å². The molecule has 98 valence electrons. The number of amides is 1. The van der Waals surface area contributed by atoms with Gasteiger partial charge in [-0.15, -0.1) is 0 Å². The first-order valence-electron chi connectivity index (χ1n) is 5.67. The lowest BCUT2D eigenvalue weighted by atomic mass is 9.99. The Hall–Kier alpha value is -2.43. The molecule has 2 rings (SSSR count). The molecule has 5 heteroatoms. The number of benzene rings is 1. The number of rotatable bonds is 2. The van der Waals surface area contributed by atoms with Crippen molar-refractivity contribution in [1.82, 2.24) is 4.57 Å². The molecule has 19 heavy (non-hydrogen) atoms. The number of carbonyl (C=O) groups is 1. The highest BCUT2D eigenvalue weighted by atomic mass is 19.1. The van der Waals surface area contributed by atoms with Crippen molar-refractivity contribution in [3.8, 4) is 11.1 Å². The average Bonchev–Trinajstić information content (AvgIpc) is 2.33. The van der Waals surface area contributed by atoms with Crippen LogP contribution < -0.4 is 11.3 Å². The molecular weight excluding hydrogens is 247 g/mol. The van der Waals surface area contributed by atoms with Crippen molar-refractivity contribution in [3.63, 3.8) is 0 Å². The minimum Gasteiger partial charge on any atom is -0.366 e. The van der Waals surface area contributed by atoms with Gasteiger partial charge in [0.1, 0.15) is 5.82 Å². The number of carbonyl (C=O) groups excluding carboxylic acids is 1. The van der Waals surface area contributed by atoms with Gasteiger partial charge in [0.25, 0.3) is 5.56 Å². The summed E-state index contributed by atoms with van der Waals surface area (Å²) in [5, 5.41) is 0. The van der Waals surface area contributed by atoms with E-state index in [1.165, 1.54) is 22.8 Å². The molecule has 1 aromatic carbocycles. The molecule has 0 aliphatic carbocycles. The Bertz CT molecular complexity index is 720. The summed E-state index contributed by atoms with van der Waals surface area (Å²) in [5.41, 5.74) is 5.84. The van der Waals surface area contributed by atoms with Gasteiger partial charge in [-0.2, -0.15) is 0 Å². The second-order valence-electron chi connectivity index (χ2n) is 4.35. The molecule has 0 aliphatic heterocycles. The fraction of sp³-hybridized carbons (Fsp3) is 0.143. The molecule has 2 N–H and O–H groups in total. The van der Waals surface area contributed by atoms with Crippen molar-refractivity contribution in [2.45, 2.75) is 6.92 Å². The minimum absolute atomic E-state index is 0.0839. The number of hydrogen-bond acceptors (Lipinski definition) is 2. The van der Waals surface area contributed by atoms with E-state index in [1.54, 1.807) is 26.2 Å². The zero-order valence-electron chi connectivity index (χ0n) is 10.6. The number of aryl methyl sites for hydroxylation is 2. The first-order chi connectivity index (χ1) is 8.91. The normalized spacial score (nSPS) is 10.5. The fourth-order valence-electron chi connectivity index (χ4n) is 1.95. The van der Waals surface area contributed by atoms with E-state index in [0.717, 1.165) is 0 Å². The van der Waals surface area contributed by atoms with Gasteiger partial charge in [-0.25, -0.2) is 4.39 Å². The SMILES string of the molecule is Cc1cc(F)c(-c2cccn(C)c2=O)cc1C(N)=O. The van der Waals surface area contributed by atoms with E-state index < -0.39 is 11.7 Å². The molecular formula is C14H13FN2O2. The van der Waals surface area contributed by atoms with Crippen molar-refractivity contribution < 1.29 is 9.18 Å². The molecule has 0 saturated carbocycles. The van der Waals surface area contributed by atoms with Gasteiger partial charge in [-0.3, -0.25) is 9.59 Å². The smallest absolute Gasteiger partial charge is 0.258 e. The van der Waals surface area contributed by atoms with Crippen LogP contribution in [-0.4, -0.2) is 10.5 Å². The van der Waals surface area contributed by atoms with Crippen LogP contribution >= 0.6 is 0 Å². The van der Waals surface area contributed by atoms with Gasteiger partial charge in [0.05, 0.1) is 5.56 Å². The second kappa shape index (κ2) is 4.68. The number of nitrogens with zero attached hydrogens (tertiary/aromatic N) is 1. The Kier molecular flexibility index (Phi) is 3.21. The predicted molar refractivity (Wildman–Crippen MR) is 70.3 cm³/mol. The summed E-state index contributed by atoms with van der Waals surface area (Å²) in [6.45, 7) is 1.59. The summed E-state index contributed by atoms with van der Waals surface area (Å²) in [5.74, 6) is -1.20. The van der Waals surface area contributed by atoms with Crippen molar-refractivity contribution in [3.05, 3.63) is 57.8 Å². The lowest BCUT2D eigenvalue weighted by Crippen LogP contribution is -2.18. The van der Waals surface area contributed by atoms with E-state index in [0.29, 0.717) is 5.56 Å². The van der Waals surface area contributed by atoms with Crippen molar-refractivity contribution >= 4 is 5.91 Å². The van der Waals surface area contributed by atoms with Crippen LogP contribution in [0.15, 0.2) is 35.3 Å². The maximum Gasteiger partial charge on any atom is 0.258 e. The van der Waals surface area contributed by atoms with Crippen LogP contribution in [0.1, 0.15) is 15.9 Å². The highest BCUT2D eigenvalue weighted by Gasteiger charge is 2.15. The largest absolute Gasteiger partial charge is 0.366 e. The highest BCUT2D eigenvalue weighted by molar-refractivity contribution is 5.95. The zero-order valence-corrected chi connectivity index (χ0v) is 10.6. The average molecular weight is 260 g/mol. The van der Waals surface area contributed by atoms with Gasteiger partial charge < -0.3 is 10.3 Å². The Morgan fingerprint density at radius 1 is 1.32 bits per heavy atom. The highest BCUT2D eigenvalue weighted by Crippen LogP contribution is 2.23. The van der Waals surface area contributed by atoms with Gasteiger partial charge in [0, 0.05) is 24.4 Å². The molecule has 2 aromatic rings. The fourth-order valence-corrected chi connectivity index (χ4v) is 1.95. The second-order valence-corrected chi connectivity index (χ2v) is 4.35. The summed E-state index contributed by atoms with van der Waals surface area (Å²) < 4.78 is 15.3. The maximum atomic E-state index is 14.0. The van der Waals surface area contributed by atoms with Crippen LogP contribution in [-0.2, 0) is 7.05 Å². The molecule has 0 unspecified atom stereocenters. The minimum atomic E-state index is -0.647. The lowest BCUT2D eigenvalue weighted by Gasteiger charge is -2.08. The summed E-state index contributed by atoms with van der Waals surface area (Å²) in [7, 11) is 1.58. The Morgan fingerprint density at radius 3 is 2.63 bits per heavy atom. The maximum absolute atomic E-state index is 14.0. The standard InChI is InChI=1S/C14H13FN2O2/c1-8-6-12(15)11(7-10(8)13(16)18)9-4-3-5-17(2)14(9)19/h3-7H,1-2H3,(H2,16,18). The van der Waals surface area contributed by atoms with Crippen LogP contribution in [0.4, 0.5) is 4.39 Å². The summed E-state index contributed by atoms with van der Waals surface area (Å²) in [4.78, 5) is 23.3. The van der Waals surface area contributed by atoms with E-state index in [4.69, 9.17) is 5.73 Å². The van der Waals surface area contributed by atoms with E-state index in [9.17, 15) is 14.0 Å². The molecule has 1 heterocycles. The van der Waals surface area contributed by atoms with Crippen molar-refractivity contribution in [2.75, 3.05) is 0 Å². The van der Waals surface area contributed by atoms with Crippen LogP contribution in [0, 0.1) is 12.7 Å². The molecule has 0 saturated heterocycles. The molecule has 1 aromatic heterocycles. The van der Waals surface area contributed by atoms with E-state index in [1.807, 2.05) is 0 Å². The molecule has 0 atom stereocenters. The first-order valence-corrected chi connectivity index (χ1v) is 5.67. The third-order valence-corrected chi connectivity index (χ3v) is 2.99. The number of aromatic nitrogens is 1. The summed E-state index contributed by atoms with van der Waals surface area (Å²) >= 11 is 0. The van der Waals surface area contributed by atoms with Crippen LogP contribution in [0.3, 0.4) is 0 Å². The van der Waals surface area contributed by atoms with Gasteiger partial charge in [-0.05, 0) is 36.8 Å². The third-order valence-electron chi connectivity index (χ3n) is 2.99. The van der Waals surface area contributed by atoms with Crippen LogP contribution in [0.25, 0.3) is 11.1 Å². The first kappa shape index (κ1) is 13.0. The van der Waals surface area contributed by atoms with E-state index >= 15 is 0 Å². The van der Waals surface area contributed by atoms with Crippen LogP contribution in [0.2, 0.25) is 0 Å². The number of pyridine rings is 1. The topological polar surface area (TPSA) is 65.1 Å². The predicted octanol–water partition coefficient (Wildman–Crippen LogP) is 1.60. The Morgan fingerprint density at radius 2 is 2.00 bits per heavy atom. The number of hydrogen-bond donors (Lipinski definition) is 1. The molecule has 0 spiro atoms. The number of nitrogens with two attached hydrogens (primary N) is 1. The molecule has 1 amide bonds. The monoisotopic (exact) mass is 260 g/mol. The van der Waals surface area contributed by atoms with E-state index in [2.05, 4.69) is 0 Å². The van der Waals surface area contributed by atoms with E-state index in [-0.39, 0.29) is 22.2 Å². The number of halogens is 1. The zero-order chi connectivity index (χ0) is 14.2. The summed E-state index contributed by atoms with van der Waals surface area (Å²) in [6, 6.07) is 5.69. The quantitative estimate of drug-likeness (QED) is 0.891. The van der Waals surface area contributed by atoms with Crippen LogP contribution in [0.5, 0.6) is 0 Å². The van der Waals surface area contributed by atoms with Crippen molar-refractivity contribution in [2.24, 2.45) is 12.8 Å². The molecule has 0 aliphatic rings. The van der Waals surface area contributed by atoms with Gasteiger partial charge in [0.2, 0.25) is 5.91 Å². The van der Waals surface area contributed by atoms with Gasteiger partial charge in [-0.1, -0.05) is 0 Å². The Balaban J connectivity index is 2.76. The third kappa shape index (κ3) is 2.27. The van der Waals surface area contributed by atoms with Gasteiger partial charge >= 0.3 is 0 Å². The Labute approximate surface area is 109 Å². The molecule has 0 fully saturated rings. The lowest BCUT2D eigenvalue weighted by molar-refractivity contribution is 0.0999.